The van der Waals surface area contributed by atoms with E-state index in [0.717, 1.165) is 5.47 Å². The molecule has 0 radical (unpaired) electrons. The second kappa shape index (κ2) is 7.73. The maximum Gasteiger partial charge on any atom is 0.494 e. The van der Waals surface area contributed by atoms with Crippen LogP contribution in [0.2, 0.25) is 0 Å². The minimum atomic E-state index is -0.347. The van der Waals surface area contributed by atoms with E-state index < -0.39 is 0 Å². The summed E-state index contributed by atoms with van der Waals surface area (Å²) >= 11 is 0. The predicted molar refractivity (Wildman–Crippen MR) is 140 cm³/mol. The molecule has 3 aromatic carbocycles. The molecular weight excluding hydrogens is 417 g/mol. The van der Waals surface area contributed by atoms with Crippen LogP contribution in [0.25, 0.3) is 11.1 Å². The van der Waals surface area contributed by atoms with Crippen LogP contribution in [0.3, 0.4) is 0 Å². The Labute approximate surface area is 202 Å². The number of allylic oxidation sites excluding steroid dienone is 2. The van der Waals surface area contributed by atoms with E-state index in [9.17, 15) is 0 Å². The Morgan fingerprint density at radius 2 is 1.44 bits per heavy atom. The van der Waals surface area contributed by atoms with Crippen LogP contribution in [-0.2, 0) is 9.31 Å². The van der Waals surface area contributed by atoms with E-state index in [-0.39, 0.29) is 30.3 Å². The highest BCUT2D eigenvalue weighted by Crippen LogP contribution is 2.49. The molecule has 3 aliphatic rings. The summed E-state index contributed by atoms with van der Waals surface area (Å²) in [5.74, 6) is 0.246. The van der Waals surface area contributed by atoms with E-state index in [1.165, 1.54) is 28.1 Å². The highest BCUT2D eigenvalue weighted by molar-refractivity contribution is 6.55. The van der Waals surface area contributed by atoms with Gasteiger partial charge in [-0.3, -0.25) is 0 Å². The molecule has 1 saturated heterocycles. The molecule has 1 fully saturated rings. The topological polar surface area (TPSA) is 21.7 Å². The van der Waals surface area contributed by atoms with E-state index >= 15 is 0 Å². The average Bonchev–Trinajstić information content (AvgIpc) is 3.29. The Morgan fingerprint density at radius 1 is 0.765 bits per heavy atom. The summed E-state index contributed by atoms with van der Waals surface area (Å²) in [7, 11) is -0.343. The summed E-state index contributed by atoms with van der Waals surface area (Å²) in [6.07, 6.45) is 6.87. The van der Waals surface area contributed by atoms with Crippen molar-refractivity contribution in [3.63, 3.8) is 0 Å². The zero-order valence-corrected chi connectivity index (χ0v) is 20.2. The third kappa shape index (κ3) is 3.36. The standard InChI is InChI=1S/C30H30BNO2/c1-29(2)30(3,4)34-31(33-29)23-17-18-28-26(20-23)25-15-8-9-16-27(25)32(28)24-14-10-13-22(19-24)21-11-6-5-7-12-21/h5-20,26,28H,1-4H3. The second-order valence-electron chi connectivity index (χ2n) is 10.5. The molecule has 34 heavy (non-hydrogen) atoms. The monoisotopic (exact) mass is 447 g/mol. The van der Waals surface area contributed by atoms with Crippen LogP contribution >= 0.6 is 0 Å². The van der Waals surface area contributed by atoms with Crippen LogP contribution in [0.4, 0.5) is 11.4 Å². The van der Waals surface area contributed by atoms with Gasteiger partial charge in [-0.15, -0.1) is 0 Å². The lowest BCUT2D eigenvalue weighted by Crippen LogP contribution is -2.41. The lowest BCUT2D eigenvalue weighted by atomic mass is 9.72. The summed E-state index contributed by atoms with van der Waals surface area (Å²) in [4.78, 5) is 2.47. The SMILES string of the molecule is CC1(C)OB(C2=CC3c4ccccc4N(c4cccc(-c5ccccc5)c4)C3C=C2)OC1(C)C. The number of benzene rings is 3. The number of rotatable bonds is 3. The minimum absolute atomic E-state index is 0.217. The summed E-state index contributed by atoms with van der Waals surface area (Å²) in [6, 6.07) is 28.4. The lowest BCUT2D eigenvalue weighted by molar-refractivity contribution is 0.00578. The number of fused-ring (bicyclic) bond motifs is 3. The fourth-order valence-electron chi connectivity index (χ4n) is 5.27. The first-order valence-corrected chi connectivity index (χ1v) is 12.1. The summed E-state index contributed by atoms with van der Waals surface area (Å²) in [6.45, 7) is 8.43. The highest BCUT2D eigenvalue weighted by atomic mass is 16.7. The Balaban J connectivity index is 1.38. The Hall–Kier alpha value is -3.08. The Bertz CT molecular complexity index is 1280. The van der Waals surface area contributed by atoms with Crippen molar-refractivity contribution < 1.29 is 9.31 Å². The molecule has 2 unspecified atom stereocenters. The number of para-hydroxylation sites is 1. The number of nitrogens with zero attached hydrogens (tertiary/aromatic N) is 1. The highest BCUT2D eigenvalue weighted by Gasteiger charge is 2.53. The molecule has 0 amide bonds. The van der Waals surface area contributed by atoms with Gasteiger partial charge in [-0.1, -0.05) is 78.9 Å². The van der Waals surface area contributed by atoms with Gasteiger partial charge in [-0.05, 0) is 68.1 Å². The maximum absolute atomic E-state index is 6.36. The van der Waals surface area contributed by atoms with Gasteiger partial charge >= 0.3 is 7.12 Å². The smallest absolute Gasteiger partial charge is 0.399 e. The van der Waals surface area contributed by atoms with Crippen molar-refractivity contribution in [3.05, 3.63) is 108 Å². The first kappa shape index (κ1) is 21.5. The normalized spacial score (nSPS) is 24.1. The minimum Gasteiger partial charge on any atom is -0.399 e. The average molecular weight is 447 g/mol. The first-order valence-electron chi connectivity index (χ1n) is 12.1. The van der Waals surface area contributed by atoms with E-state index in [0.29, 0.717) is 0 Å². The molecule has 0 N–H and O–H groups in total. The number of anilines is 2. The summed E-state index contributed by atoms with van der Waals surface area (Å²) in [5, 5.41) is 0. The quantitative estimate of drug-likeness (QED) is 0.400. The van der Waals surface area contributed by atoms with Gasteiger partial charge in [-0.25, -0.2) is 0 Å². The number of hydrogen-bond donors (Lipinski definition) is 0. The molecule has 0 spiro atoms. The third-order valence-electron chi connectivity index (χ3n) is 7.84. The lowest BCUT2D eigenvalue weighted by Gasteiger charge is -2.32. The van der Waals surface area contributed by atoms with Crippen molar-refractivity contribution >= 4 is 18.5 Å². The molecule has 2 atom stereocenters. The molecule has 6 rings (SSSR count). The van der Waals surface area contributed by atoms with Gasteiger partial charge in [0.1, 0.15) is 0 Å². The van der Waals surface area contributed by atoms with E-state index in [4.69, 9.17) is 9.31 Å². The third-order valence-corrected chi connectivity index (χ3v) is 7.84. The molecule has 0 bridgehead atoms. The van der Waals surface area contributed by atoms with Crippen LogP contribution in [0.1, 0.15) is 39.2 Å². The Morgan fingerprint density at radius 3 is 2.21 bits per heavy atom. The van der Waals surface area contributed by atoms with Crippen molar-refractivity contribution in [1.82, 2.24) is 0 Å². The van der Waals surface area contributed by atoms with Gasteiger partial charge in [0.15, 0.2) is 0 Å². The molecule has 3 nitrogen and oxygen atoms in total. The van der Waals surface area contributed by atoms with Gasteiger partial charge in [0, 0.05) is 17.3 Å². The van der Waals surface area contributed by atoms with Crippen molar-refractivity contribution in [3.8, 4) is 11.1 Å². The first-order chi connectivity index (χ1) is 16.3. The molecule has 2 heterocycles. The molecular formula is C30H30BNO2. The van der Waals surface area contributed by atoms with Crippen molar-refractivity contribution in [2.75, 3.05) is 4.90 Å². The summed E-state index contributed by atoms with van der Waals surface area (Å²) < 4.78 is 12.7. The van der Waals surface area contributed by atoms with Crippen LogP contribution in [0.5, 0.6) is 0 Å². The van der Waals surface area contributed by atoms with Crippen LogP contribution in [0.15, 0.2) is 103 Å². The van der Waals surface area contributed by atoms with Crippen molar-refractivity contribution in [1.29, 1.82) is 0 Å². The van der Waals surface area contributed by atoms with Gasteiger partial charge in [0.05, 0.1) is 17.2 Å². The van der Waals surface area contributed by atoms with Crippen LogP contribution in [-0.4, -0.2) is 24.4 Å². The fourth-order valence-corrected chi connectivity index (χ4v) is 5.27. The van der Waals surface area contributed by atoms with Crippen molar-refractivity contribution in [2.24, 2.45) is 0 Å². The molecule has 3 aromatic rings. The molecule has 1 aliphatic carbocycles. The van der Waals surface area contributed by atoms with E-state index in [1.54, 1.807) is 0 Å². The largest absolute Gasteiger partial charge is 0.494 e. The van der Waals surface area contributed by atoms with Crippen molar-refractivity contribution in [2.45, 2.75) is 50.9 Å². The molecule has 4 heteroatoms. The van der Waals surface area contributed by atoms with Gasteiger partial charge in [-0.2, -0.15) is 0 Å². The molecule has 0 aromatic heterocycles. The molecule has 2 aliphatic heterocycles. The van der Waals surface area contributed by atoms with Gasteiger partial charge < -0.3 is 14.2 Å². The van der Waals surface area contributed by atoms with Gasteiger partial charge in [0.2, 0.25) is 0 Å². The predicted octanol–water partition coefficient (Wildman–Crippen LogP) is 7.09. The zero-order valence-electron chi connectivity index (χ0n) is 20.2. The fraction of sp³-hybridized carbons (Fsp3) is 0.267. The maximum atomic E-state index is 6.36. The van der Waals surface area contributed by atoms with Crippen LogP contribution in [0, 0.1) is 0 Å². The van der Waals surface area contributed by atoms with E-state index in [2.05, 4.69) is 130 Å². The molecule has 170 valence electrons. The zero-order chi connectivity index (χ0) is 23.5. The molecule has 0 saturated carbocycles. The second-order valence-corrected chi connectivity index (χ2v) is 10.5. The number of hydrogen-bond acceptors (Lipinski definition) is 3. The van der Waals surface area contributed by atoms with E-state index in [1.807, 2.05) is 0 Å². The summed E-state index contributed by atoms with van der Waals surface area (Å²) in [5.41, 5.74) is 6.69. The Kier molecular flexibility index (Phi) is 4.88. The van der Waals surface area contributed by atoms with Gasteiger partial charge in [0.25, 0.3) is 0 Å². The van der Waals surface area contributed by atoms with Crippen LogP contribution < -0.4 is 4.90 Å².